The Hall–Kier alpha value is -3.07. The van der Waals surface area contributed by atoms with Crippen molar-refractivity contribution in [3.63, 3.8) is 0 Å². The minimum atomic E-state index is -4.36. The van der Waals surface area contributed by atoms with Gasteiger partial charge in [0.2, 0.25) is 0 Å². The Kier molecular flexibility index (Phi) is 5.38. The molecule has 0 radical (unpaired) electrons. The molecule has 0 atom stereocenters. The zero-order valence-electron chi connectivity index (χ0n) is 15.8. The normalized spacial score (nSPS) is 12.3. The number of fused-ring (bicyclic) bond motifs is 1. The van der Waals surface area contributed by atoms with E-state index in [0.29, 0.717) is 14.8 Å². The Morgan fingerprint density at radius 2 is 1.17 bits per heavy atom. The van der Waals surface area contributed by atoms with Gasteiger partial charge in [-0.1, -0.05) is 64.4 Å². The topological polar surface area (TPSA) is 84.4 Å². The van der Waals surface area contributed by atoms with Crippen LogP contribution in [-0.4, -0.2) is 25.5 Å². The molecule has 0 aliphatic rings. The summed E-state index contributed by atoms with van der Waals surface area (Å²) in [5.74, 6) is 0. The number of hydrogen-bond donors (Lipinski definition) is 0. The molecule has 0 saturated heterocycles. The van der Waals surface area contributed by atoms with E-state index in [2.05, 4.69) is 4.98 Å². The fraction of sp³-hybridized carbons (Fsp3) is 0.0455. The van der Waals surface area contributed by atoms with Crippen LogP contribution < -0.4 is 0 Å². The van der Waals surface area contributed by atoms with Crippen LogP contribution in [-0.2, 0) is 26.6 Å². The maximum atomic E-state index is 13.4. The number of para-hydroxylation sites is 1. The van der Waals surface area contributed by atoms with Crippen molar-refractivity contribution < 1.29 is 16.8 Å². The van der Waals surface area contributed by atoms with Crippen LogP contribution >= 0.6 is 0 Å². The summed E-state index contributed by atoms with van der Waals surface area (Å²) in [4.78, 5) is 4.13. The summed E-state index contributed by atoms with van der Waals surface area (Å²) < 4.78 is 54.2. The van der Waals surface area contributed by atoms with Crippen molar-refractivity contribution >= 4 is 30.9 Å². The van der Waals surface area contributed by atoms with Crippen LogP contribution in [0.2, 0.25) is 0 Å². The van der Waals surface area contributed by atoms with Crippen molar-refractivity contribution in [1.82, 2.24) is 8.69 Å². The molecular weight excluding hydrogens is 420 g/mol. The number of aromatic nitrogens is 1. The molecule has 0 saturated carbocycles. The molecule has 4 aromatic rings. The average molecular weight is 439 g/mol. The third-order valence-electron chi connectivity index (χ3n) is 4.63. The standard InChI is InChI=1S/C22H18N2O4S2/c25-29(26,20-12-3-1-4-13-20)24(30(27,28)21-14-5-2-6-15-21)17-19-10-7-9-18-11-8-16-23-22(18)19/h1-16H,17H2. The van der Waals surface area contributed by atoms with E-state index in [4.69, 9.17) is 0 Å². The predicted octanol–water partition coefficient (Wildman–Crippen LogP) is 3.81. The molecule has 152 valence electrons. The molecule has 0 amide bonds. The molecule has 30 heavy (non-hydrogen) atoms. The average Bonchev–Trinajstić information content (AvgIpc) is 2.78. The Bertz CT molecular complexity index is 1310. The minimum Gasteiger partial charge on any atom is -0.256 e. The molecule has 0 aliphatic heterocycles. The van der Waals surface area contributed by atoms with Crippen molar-refractivity contribution in [2.45, 2.75) is 16.3 Å². The first-order valence-corrected chi connectivity index (χ1v) is 12.0. The van der Waals surface area contributed by atoms with Crippen LogP contribution in [0.1, 0.15) is 5.56 Å². The Morgan fingerprint density at radius 3 is 1.73 bits per heavy atom. The first-order chi connectivity index (χ1) is 14.4. The first kappa shape index (κ1) is 20.2. The minimum absolute atomic E-state index is 0.0994. The van der Waals surface area contributed by atoms with Gasteiger partial charge >= 0.3 is 0 Å². The molecule has 8 heteroatoms. The van der Waals surface area contributed by atoms with Crippen molar-refractivity contribution in [3.8, 4) is 0 Å². The molecule has 4 rings (SSSR count). The van der Waals surface area contributed by atoms with Gasteiger partial charge in [0.25, 0.3) is 20.0 Å². The van der Waals surface area contributed by atoms with Gasteiger partial charge in [0, 0.05) is 11.6 Å². The number of nitrogens with zero attached hydrogens (tertiary/aromatic N) is 2. The van der Waals surface area contributed by atoms with Gasteiger partial charge in [-0.3, -0.25) is 4.98 Å². The molecule has 6 nitrogen and oxygen atoms in total. The molecule has 0 fully saturated rings. The lowest BCUT2D eigenvalue weighted by Gasteiger charge is -2.22. The zero-order chi connectivity index (χ0) is 21.2. The van der Waals surface area contributed by atoms with E-state index in [9.17, 15) is 16.8 Å². The molecule has 1 heterocycles. The second kappa shape index (κ2) is 7.98. The zero-order valence-corrected chi connectivity index (χ0v) is 17.4. The molecule has 0 aliphatic carbocycles. The van der Waals surface area contributed by atoms with Gasteiger partial charge in [-0.05, 0) is 35.9 Å². The molecule has 0 N–H and O–H groups in total. The fourth-order valence-electron chi connectivity index (χ4n) is 3.15. The van der Waals surface area contributed by atoms with E-state index in [0.717, 1.165) is 5.39 Å². The highest BCUT2D eigenvalue weighted by atomic mass is 32.3. The van der Waals surface area contributed by atoms with Gasteiger partial charge in [0.1, 0.15) is 0 Å². The van der Waals surface area contributed by atoms with Gasteiger partial charge in [0.15, 0.2) is 0 Å². The summed E-state index contributed by atoms with van der Waals surface area (Å²) in [7, 11) is -8.71. The lowest BCUT2D eigenvalue weighted by atomic mass is 10.1. The van der Waals surface area contributed by atoms with Crippen LogP contribution in [0.5, 0.6) is 0 Å². The smallest absolute Gasteiger partial charge is 0.256 e. The fourth-order valence-corrected chi connectivity index (χ4v) is 6.79. The monoisotopic (exact) mass is 438 g/mol. The Balaban J connectivity index is 1.90. The van der Waals surface area contributed by atoms with Crippen molar-refractivity contribution in [3.05, 3.63) is 103 Å². The van der Waals surface area contributed by atoms with Crippen LogP contribution in [0.25, 0.3) is 10.9 Å². The lowest BCUT2D eigenvalue weighted by molar-refractivity contribution is 0.495. The van der Waals surface area contributed by atoms with E-state index in [1.807, 2.05) is 12.1 Å². The predicted molar refractivity (Wildman–Crippen MR) is 115 cm³/mol. The summed E-state index contributed by atoms with van der Waals surface area (Å²) in [6, 6.07) is 24.0. The SMILES string of the molecule is O=S(=O)(c1ccccc1)N(Cc1cccc2cccnc12)S(=O)(=O)c1ccccc1. The van der Waals surface area contributed by atoms with E-state index < -0.39 is 20.0 Å². The highest BCUT2D eigenvalue weighted by molar-refractivity contribution is 8.04. The van der Waals surface area contributed by atoms with Gasteiger partial charge in [-0.15, -0.1) is 0 Å². The summed E-state index contributed by atoms with van der Waals surface area (Å²) >= 11 is 0. The van der Waals surface area contributed by atoms with E-state index >= 15 is 0 Å². The maximum Gasteiger partial charge on any atom is 0.256 e. The van der Waals surface area contributed by atoms with Crippen LogP contribution in [0.15, 0.2) is 107 Å². The van der Waals surface area contributed by atoms with Gasteiger partial charge in [0.05, 0.1) is 21.9 Å². The van der Waals surface area contributed by atoms with E-state index in [-0.39, 0.29) is 16.3 Å². The summed E-state index contributed by atoms with van der Waals surface area (Å²) in [6.07, 6.45) is 1.59. The molecule has 0 spiro atoms. The van der Waals surface area contributed by atoms with Gasteiger partial charge in [-0.2, -0.15) is 0 Å². The second-order valence-electron chi connectivity index (χ2n) is 6.56. The number of sulfonamides is 2. The number of pyridine rings is 1. The number of benzene rings is 3. The Morgan fingerprint density at radius 1 is 0.633 bits per heavy atom. The van der Waals surface area contributed by atoms with Crippen molar-refractivity contribution in [2.24, 2.45) is 0 Å². The van der Waals surface area contributed by atoms with Crippen molar-refractivity contribution in [2.75, 3.05) is 0 Å². The van der Waals surface area contributed by atoms with Crippen molar-refractivity contribution in [1.29, 1.82) is 0 Å². The quantitative estimate of drug-likeness (QED) is 0.457. The largest absolute Gasteiger partial charge is 0.256 e. The summed E-state index contributed by atoms with van der Waals surface area (Å²) in [5.41, 5.74) is 1.05. The third-order valence-corrected chi connectivity index (χ3v) is 8.88. The Labute approximate surface area is 175 Å². The molecular formula is C22H18N2O4S2. The van der Waals surface area contributed by atoms with E-state index in [1.54, 1.807) is 60.8 Å². The van der Waals surface area contributed by atoms with Gasteiger partial charge in [-0.25, -0.2) is 16.8 Å². The molecule has 0 bridgehead atoms. The third kappa shape index (κ3) is 3.72. The van der Waals surface area contributed by atoms with Crippen LogP contribution in [0.4, 0.5) is 0 Å². The first-order valence-electron chi connectivity index (χ1n) is 9.11. The summed E-state index contributed by atoms with van der Waals surface area (Å²) in [6.45, 7) is -0.372. The number of hydrogen-bond acceptors (Lipinski definition) is 5. The van der Waals surface area contributed by atoms with E-state index in [1.165, 1.54) is 24.3 Å². The molecule has 0 unspecified atom stereocenters. The molecule has 3 aromatic carbocycles. The maximum absolute atomic E-state index is 13.4. The molecule has 1 aromatic heterocycles. The van der Waals surface area contributed by atoms with Crippen LogP contribution in [0, 0.1) is 0 Å². The van der Waals surface area contributed by atoms with Crippen LogP contribution in [0.3, 0.4) is 0 Å². The highest BCUT2D eigenvalue weighted by Gasteiger charge is 2.37. The summed E-state index contributed by atoms with van der Waals surface area (Å²) in [5, 5.41) is 0.796. The number of rotatable bonds is 6. The van der Waals surface area contributed by atoms with Gasteiger partial charge < -0.3 is 0 Å². The highest BCUT2D eigenvalue weighted by Crippen LogP contribution is 2.28. The lowest BCUT2D eigenvalue weighted by Crippen LogP contribution is -2.36. The second-order valence-corrected chi connectivity index (χ2v) is 10.5.